The minimum absolute atomic E-state index is 0.382. The minimum Gasteiger partial charge on any atom is -0.328 e. The van der Waals surface area contributed by atoms with Gasteiger partial charge in [-0.1, -0.05) is 75.3 Å². The van der Waals surface area contributed by atoms with Crippen LogP contribution in [0.15, 0.2) is 24.3 Å². The Bertz CT molecular complexity index is 315. The number of benzene rings is 1. The summed E-state index contributed by atoms with van der Waals surface area (Å²) in [5.74, 6) is 0. The van der Waals surface area contributed by atoms with Gasteiger partial charge in [-0.25, -0.2) is 0 Å². The maximum Gasteiger partial charge on any atom is 0.00419 e. The first-order chi connectivity index (χ1) is 9.22. The van der Waals surface area contributed by atoms with Crippen LogP contribution >= 0.6 is 0 Å². The van der Waals surface area contributed by atoms with E-state index in [1.165, 1.54) is 56.1 Å². The maximum atomic E-state index is 6.19. The normalized spacial score (nSPS) is 12.6. The summed E-state index contributed by atoms with van der Waals surface area (Å²) in [7, 11) is 0. The summed E-state index contributed by atoms with van der Waals surface area (Å²) < 4.78 is 0. The van der Waals surface area contributed by atoms with Crippen LogP contribution in [0.3, 0.4) is 0 Å². The van der Waals surface area contributed by atoms with Crippen LogP contribution in [-0.4, -0.2) is 6.04 Å². The molecule has 0 radical (unpaired) electrons. The first kappa shape index (κ1) is 16.2. The van der Waals surface area contributed by atoms with E-state index in [1.807, 2.05) is 0 Å². The van der Waals surface area contributed by atoms with Gasteiger partial charge in [0.25, 0.3) is 0 Å². The number of unbranched alkanes of at least 4 members (excludes halogenated alkanes) is 5. The molecule has 0 aromatic heterocycles. The summed E-state index contributed by atoms with van der Waals surface area (Å²) >= 11 is 0. The summed E-state index contributed by atoms with van der Waals surface area (Å²) in [4.78, 5) is 0. The van der Waals surface area contributed by atoms with Crippen molar-refractivity contribution < 1.29 is 0 Å². The van der Waals surface area contributed by atoms with E-state index in [1.54, 1.807) is 0 Å². The molecule has 0 saturated heterocycles. The van der Waals surface area contributed by atoms with Crippen LogP contribution < -0.4 is 5.73 Å². The van der Waals surface area contributed by atoms with Gasteiger partial charge in [0, 0.05) is 6.04 Å². The molecule has 19 heavy (non-hydrogen) atoms. The van der Waals surface area contributed by atoms with Crippen LogP contribution in [0.5, 0.6) is 0 Å². The predicted molar refractivity (Wildman–Crippen MR) is 85.5 cm³/mol. The van der Waals surface area contributed by atoms with Gasteiger partial charge in [-0.3, -0.25) is 0 Å². The third-order valence-corrected chi connectivity index (χ3v) is 3.85. The number of hydrogen-bond donors (Lipinski definition) is 1. The second-order valence-corrected chi connectivity index (χ2v) is 5.84. The molecule has 0 bridgehead atoms. The molecule has 1 rings (SSSR count). The van der Waals surface area contributed by atoms with Crippen LogP contribution in [-0.2, 0) is 6.42 Å². The average Bonchev–Trinajstić information content (AvgIpc) is 2.42. The van der Waals surface area contributed by atoms with Gasteiger partial charge in [-0.05, 0) is 31.7 Å². The van der Waals surface area contributed by atoms with E-state index >= 15 is 0 Å². The van der Waals surface area contributed by atoms with Crippen molar-refractivity contribution in [2.75, 3.05) is 0 Å². The molecule has 0 heterocycles. The third-order valence-electron chi connectivity index (χ3n) is 3.85. The van der Waals surface area contributed by atoms with E-state index in [4.69, 9.17) is 5.73 Å². The molecule has 1 heteroatoms. The summed E-state index contributed by atoms with van der Waals surface area (Å²) in [5.41, 5.74) is 8.95. The first-order valence-corrected chi connectivity index (χ1v) is 8.03. The standard InChI is InChI=1S/C18H31N/c1-3-4-5-6-7-8-9-18(19)15-14-17-12-10-16(2)11-13-17/h10-13,18H,3-9,14-15,19H2,1-2H3. The summed E-state index contributed by atoms with van der Waals surface area (Å²) in [6.07, 6.45) is 11.6. The Hall–Kier alpha value is -0.820. The van der Waals surface area contributed by atoms with Gasteiger partial charge < -0.3 is 5.73 Å². The fourth-order valence-electron chi connectivity index (χ4n) is 2.44. The highest BCUT2D eigenvalue weighted by Gasteiger charge is 2.03. The lowest BCUT2D eigenvalue weighted by Crippen LogP contribution is -2.20. The number of nitrogens with two attached hydrogens (primary N) is 1. The molecule has 0 spiro atoms. The molecule has 1 nitrogen and oxygen atoms in total. The van der Waals surface area contributed by atoms with Gasteiger partial charge in [0.1, 0.15) is 0 Å². The topological polar surface area (TPSA) is 26.0 Å². The molecule has 1 aromatic carbocycles. The molecule has 0 saturated carbocycles. The van der Waals surface area contributed by atoms with Gasteiger partial charge in [-0.15, -0.1) is 0 Å². The molecule has 1 aromatic rings. The lowest BCUT2D eigenvalue weighted by atomic mass is 10.00. The van der Waals surface area contributed by atoms with Gasteiger partial charge in [0.2, 0.25) is 0 Å². The average molecular weight is 261 g/mol. The van der Waals surface area contributed by atoms with E-state index in [-0.39, 0.29) is 0 Å². The van der Waals surface area contributed by atoms with Gasteiger partial charge in [0.05, 0.1) is 0 Å². The third kappa shape index (κ3) is 8.05. The SMILES string of the molecule is CCCCCCCCC(N)CCc1ccc(C)cc1. The van der Waals surface area contributed by atoms with Crippen molar-refractivity contribution in [3.05, 3.63) is 35.4 Å². The van der Waals surface area contributed by atoms with Crippen molar-refractivity contribution in [3.8, 4) is 0 Å². The molecule has 0 aliphatic rings. The van der Waals surface area contributed by atoms with Gasteiger partial charge in [0.15, 0.2) is 0 Å². The molecule has 0 fully saturated rings. The van der Waals surface area contributed by atoms with E-state index in [0.717, 1.165) is 12.8 Å². The van der Waals surface area contributed by atoms with Crippen molar-refractivity contribution in [1.29, 1.82) is 0 Å². The molecule has 1 unspecified atom stereocenters. The van der Waals surface area contributed by atoms with Gasteiger partial charge in [-0.2, -0.15) is 0 Å². The largest absolute Gasteiger partial charge is 0.328 e. The van der Waals surface area contributed by atoms with E-state index in [0.29, 0.717) is 6.04 Å². The predicted octanol–water partition coefficient (Wildman–Crippen LogP) is 5.01. The Morgan fingerprint density at radius 1 is 0.895 bits per heavy atom. The molecule has 1 atom stereocenters. The van der Waals surface area contributed by atoms with Crippen LogP contribution in [0.2, 0.25) is 0 Å². The molecule has 0 amide bonds. The Morgan fingerprint density at radius 3 is 2.21 bits per heavy atom. The molecular weight excluding hydrogens is 230 g/mol. The van der Waals surface area contributed by atoms with Crippen LogP contribution in [0.4, 0.5) is 0 Å². The second-order valence-electron chi connectivity index (χ2n) is 5.84. The van der Waals surface area contributed by atoms with E-state index in [9.17, 15) is 0 Å². The van der Waals surface area contributed by atoms with Crippen LogP contribution in [0.1, 0.15) is 69.4 Å². The smallest absolute Gasteiger partial charge is 0.00419 e. The lowest BCUT2D eigenvalue weighted by Gasteiger charge is -2.11. The Balaban J connectivity index is 2.04. The fourth-order valence-corrected chi connectivity index (χ4v) is 2.44. The van der Waals surface area contributed by atoms with Gasteiger partial charge >= 0.3 is 0 Å². The zero-order chi connectivity index (χ0) is 13.9. The van der Waals surface area contributed by atoms with E-state index < -0.39 is 0 Å². The van der Waals surface area contributed by atoms with Crippen molar-refractivity contribution in [2.45, 2.75) is 77.7 Å². The summed E-state index contributed by atoms with van der Waals surface area (Å²) in [5, 5.41) is 0. The van der Waals surface area contributed by atoms with Crippen molar-refractivity contribution in [1.82, 2.24) is 0 Å². The fraction of sp³-hybridized carbons (Fsp3) is 0.667. The van der Waals surface area contributed by atoms with Crippen molar-refractivity contribution in [2.24, 2.45) is 5.73 Å². The zero-order valence-corrected chi connectivity index (χ0v) is 12.8. The van der Waals surface area contributed by atoms with Crippen molar-refractivity contribution >= 4 is 0 Å². The second kappa shape index (κ2) is 10.0. The first-order valence-electron chi connectivity index (χ1n) is 8.03. The van der Waals surface area contributed by atoms with Crippen LogP contribution in [0, 0.1) is 6.92 Å². The highest BCUT2D eigenvalue weighted by molar-refractivity contribution is 5.21. The summed E-state index contributed by atoms with van der Waals surface area (Å²) in [6.45, 7) is 4.40. The maximum absolute atomic E-state index is 6.19. The minimum atomic E-state index is 0.382. The summed E-state index contributed by atoms with van der Waals surface area (Å²) in [6, 6.07) is 9.22. The lowest BCUT2D eigenvalue weighted by molar-refractivity contribution is 0.512. The van der Waals surface area contributed by atoms with Crippen molar-refractivity contribution in [3.63, 3.8) is 0 Å². The Labute approximate surface area is 119 Å². The number of aryl methyl sites for hydroxylation is 2. The van der Waals surface area contributed by atoms with Crippen LogP contribution in [0.25, 0.3) is 0 Å². The molecule has 0 aliphatic carbocycles. The molecular formula is C18H31N. The quantitative estimate of drug-likeness (QED) is 0.589. The monoisotopic (exact) mass is 261 g/mol. The van der Waals surface area contributed by atoms with E-state index in [2.05, 4.69) is 38.1 Å². The highest BCUT2D eigenvalue weighted by Crippen LogP contribution is 2.12. The zero-order valence-electron chi connectivity index (χ0n) is 12.8. The Morgan fingerprint density at radius 2 is 1.53 bits per heavy atom. The number of hydrogen-bond acceptors (Lipinski definition) is 1. The highest BCUT2D eigenvalue weighted by atomic mass is 14.6. The Kier molecular flexibility index (Phi) is 8.57. The molecule has 0 aliphatic heterocycles. The number of rotatable bonds is 10. The molecule has 108 valence electrons. The molecule has 2 N–H and O–H groups in total.